The summed E-state index contributed by atoms with van der Waals surface area (Å²) in [5.41, 5.74) is 0.588. The van der Waals surface area contributed by atoms with Gasteiger partial charge in [-0.3, -0.25) is 19.6 Å². The molecule has 0 aliphatic heterocycles. The topological polar surface area (TPSA) is 147 Å². The summed E-state index contributed by atoms with van der Waals surface area (Å²) >= 11 is 0. The van der Waals surface area contributed by atoms with E-state index >= 15 is 0 Å². The second-order valence-electron chi connectivity index (χ2n) is 10.3. The molecule has 11 heteroatoms. The fourth-order valence-corrected chi connectivity index (χ4v) is 6.47. The van der Waals surface area contributed by atoms with Crippen molar-refractivity contribution in [3.63, 3.8) is 0 Å². The van der Waals surface area contributed by atoms with Gasteiger partial charge in [0.1, 0.15) is 5.52 Å². The van der Waals surface area contributed by atoms with Gasteiger partial charge in [0.05, 0.1) is 17.7 Å². The molecule has 0 radical (unpaired) electrons. The largest absolute Gasteiger partial charge is 0.390 e. The summed E-state index contributed by atoms with van der Waals surface area (Å²) in [7, 11) is 1.52. The molecule has 3 heterocycles. The van der Waals surface area contributed by atoms with Crippen molar-refractivity contribution in [2.75, 3.05) is 25.6 Å². The van der Waals surface area contributed by atoms with Gasteiger partial charge < -0.3 is 20.1 Å². The number of anilines is 1. The van der Waals surface area contributed by atoms with Crippen LogP contribution in [0.1, 0.15) is 46.0 Å². The number of fused-ring (bicyclic) bond motifs is 5. The molecule has 11 nitrogen and oxygen atoms in total. The second kappa shape index (κ2) is 8.31. The van der Waals surface area contributed by atoms with Gasteiger partial charge in [0.15, 0.2) is 17.0 Å². The van der Waals surface area contributed by atoms with Crippen LogP contribution >= 0.6 is 0 Å². The molecule has 0 spiro atoms. The third-order valence-electron chi connectivity index (χ3n) is 7.14. The highest BCUT2D eigenvalue weighted by Crippen LogP contribution is 2.54. The summed E-state index contributed by atoms with van der Waals surface area (Å²) in [6, 6.07) is 1.91. The standard InChI is InChI=1S/C23H31N7O4/c1-13-8-22(9-14(2)11-23(33,10-13)12-22)30-17-15-4-5-24-18(15)28-27-16(17)19(29-30)26-21(32)20(31)25-6-7-34-3/h4-5,13-14,33H,6-12H2,1-3H3,(H,24,28)(H,25,31)(H,26,29,32)/t13-,14+,22?,23?. The molecule has 2 saturated carbocycles. The van der Waals surface area contributed by atoms with Crippen LogP contribution in [0.3, 0.4) is 0 Å². The van der Waals surface area contributed by atoms with Crippen molar-refractivity contribution in [1.29, 1.82) is 0 Å². The Hall–Kier alpha value is -3.05. The van der Waals surface area contributed by atoms with Crippen molar-refractivity contribution >= 4 is 39.7 Å². The summed E-state index contributed by atoms with van der Waals surface area (Å²) in [6.45, 7) is 4.85. The fourth-order valence-electron chi connectivity index (χ4n) is 6.47. The van der Waals surface area contributed by atoms with Gasteiger partial charge in [-0.1, -0.05) is 13.8 Å². The number of nitrogens with one attached hydrogen (secondary N) is 3. The Morgan fingerprint density at radius 3 is 2.65 bits per heavy atom. The molecule has 5 rings (SSSR count). The van der Waals surface area contributed by atoms with Crippen LogP contribution in [-0.2, 0) is 19.9 Å². The molecule has 3 aromatic heterocycles. The molecular formula is C23H31N7O4. The molecule has 2 bridgehead atoms. The molecule has 4 atom stereocenters. The first-order valence-corrected chi connectivity index (χ1v) is 11.8. The Kier molecular flexibility index (Phi) is 5.56. The quantitative estimate of drug-likeness (QED) is 0.328. The predicted octanol–water partition coefficient (Wildman–Crippen LogP) is 1.68. The number of H-pyrrole nitrogens is 1. The number of hydrogen-bond acceptors (Lipinski definition) is 7. The monoisotopic (exact) mass is 469 g/mol. The van der Waals surface area contributed by atoms with Crippen molar-refractivity contribution in [2.24, 2.45) is 11.8 Å². The number of nitrogens with zero attached hydrogens (tertiary/aromatic N) is 4. The number of hydrogen-bond donors (Lipinski definition) is 4. The average Bonchev–Trinajstić information content (AvgIpc) is 3.36. The highest BCUT2D eigenvalue weighted by molar-refractivity contribution is 6.40. The summed E-state index contributed by atoms with van der Waals surface area (Å²) in [4.78, 5) is 27.9. The van der Waals surface area contributed by atoms with E-state index in [2.05, 4.69) is 39.7 Å². The number of carbonyl (C=O) groups is 2. The fraction of sp³-hybridized carbons (Fsp3) is 0.609. The Labute approximate surface area is 196 Å². The smallest absolute Gasteiger partial charge is 0.314 e. The molecule has 0 aromatic carbocycles. The molecule has 4 N–H and O–H groups in total. The predicted molar refractivity (Wildman–Crippen MR) is 125 cm³/mol. The lowest BCUT2D eigenvalue weighted by molar-refractivity contribution is -0.136. The average molecular weight is 470 g/mol. The molecule has 34 heavy (non-hydrogen) atoms. The van der Waals surface area contributed by atoms with Gasteiger partial charge in [-0.15, -0.1) is 10.2 Å². The van der Waals surface area contributed by atoms with Crippen LogP contribution in [0.4, 0.5) is 5.82 Å². The number of aromatic nitrogens is 5. The minimum absolute atomic E-state index is 0.187. The minimum atomic E-state index is -0.832. The summed E-state index contributed by atoms with van der Waals surface area (Å²) < 4.78 is 6.86. The van der Waals surface area contributed by atoms with E-state index in [1.165, 1.54) is 7.11 Å². The van der Waals surface area contributed by atoms with Crippen molar-refractivity contribution in [3.05, 3.63) is 12.3 Å². The van der Waals surface area contributed by atoms with E-state index in [4.69, 9.17) is 9.84 Å². The zero-order valence-electron chi connectivity index (χ0n) is 19.7. The summed E-state index contributed by atoms with van der Waals surface area (Å²) in [5, 5.41) is 30.8. The summed E-state index contributed by atoms with van der Waals surface area (Å²) in [6.07, 6.45) is 5.63. The summed E-state index contributed by atoms with van der Waals surface area (Å²) in [5.74, 6) is -0.799. The maximum absolute atomic E-state index is 12.6. The Morgan fingerprint density at radius 1 is 1.21 bits per heavy atom. The van der Waals surface area contributed by atoms with Gasteiger partial charge in [-0.25, -0.2) is 0 Å². The van der Waals surface area contributed by atoms with Crippen molar-refractivity contribution < 1.29 is 19.4 Å². The second-order valence-corrected chi connectivity index (χ2v) is 10.3. The molecule has 2 aliphatic carbocycles. The molecule has 2 unspecified atom stereocenters. The van der Waals surface area contributed by atoms with E-state index in [9.17, 15) is 14.7 Å². The van der Waals surface area contributed by atoms with Gasteiger partial charge in [-0.2, -0.15) is 5.10 Å². The van der Waals surface area contributed by atoms with Crippen molar-refractivity contribution in [3.8, 4) is 0 Å². The Morgan fingerprint density at radius 2 is 1.94 bits per heavy atom. The van der Waals surface area contributed by atoms with E-state index in [0.717, 1.165) is 36.6 Å². The molecule has 2 aliphatic rings. The van der Waals surface area contributed by atoms with Gasteiger partial charge in [0.25, 0.3) is 0 Å². The number of rotatable bonds is 5. The molecule has 0 saturated heterocycles. The van der Waals surface area contributed by atoms with E-state index in [1.54, 1.807) is 6.20 Å². The van der Waals surface area contributed by atoms with Crippen LogP contribution in [0.15, 0.2) is 12.3 Å². The van der Waals surface area contributed by atoms with Crippen LogP contribution in [0.2, 0.25) is 0 Å². The maximum atomic E-state index is 12.6. The molecule has 3 aromatic rings. The van der Waals surface area contributed by atoms with Gasteiger partial charge >= 0.3 is 11.8 Å². The highest BCUT2D eigenvalue weighted by Gasteiger charge is 2.53. The zero-order valence-corrected chi connectivity index (χ0v) is 19.7. The van der Waals surface area contributed by atoms with Crippen LogP contribution in [-0.4, -0.2) is 67.7 Å². The number of amides is 2. The van der Waals surface area contributed by atoms with Gasteiger partial charge in [-0.05, 0) is 43.6 Å². The molecular weight excluding hydrogens is 438 g/mol. The van der Waals surface area contributed by atoms with E-state index in [0.29, 0.717) is 36.0 Å². The normalized spacial score (nSPS) is 28.8. The first-order chi connectivity index (χ1) is 16.2. The molecule has 2 amide bonds. The minimum Gasteiger partial charge on any atom is -0.390 e. The van der Waals surface area contributed by atoms with Crippen LogP contribution < -0.4 is 10.6 Å². The number of ether oxygens (including phenoxy) is 1. The molecule has 2 fully saturated rings. The number of aliphatic hydroxyl groups is 1. The lowest BCUT2D eigenvalue weighted by Crippen LogP contribution is -2.55. The SMILES string of the molecule is COCCNC(=O)C(=O)Nc1nn(C23C[C@H](C)CC(O)(C[C@H](C)C2)C3)c2c1nnc1[nH]ccc12. The number of methoxy groups -OCH3 is 1. The maximum Gasteiger partial charge on any atom is 0.314 e. The zero-order chi connectivity index (χ0) is 24.1. The lowest BCUT2D eigenvalue weighted by Gasteiger charge is -2.54. The Bertz CT molecular complexity index is 1230. The lowest BCUT2D eigenvalue weighted by atomic mass is 9.59. The van der Waals surface area contributed by atoms with Crippen LogP contribution in [0.25, 0.3) is 22.1 Å². The van der Waals surface area contributed by atoms with Crippen molar-refractivity contribution in [2.45, 2.75) is 57.1 Å². The van der Waals surface area contributed by atoms with Gasteiger partial charge in [0, 0.05) is 31.7 Å². The number of aromatic amines is 1. The highest BCUT2D eigenvalue weighted by atomic mass is 16.5. The third kappa shape index (κ3) is 3.82. The Balaban J connectivity index is 1.60. The van der Waals surface area contributed by atoms with E-state index in [1.807, 2.05) is 10.7 Å². The first kappa shape index (κ1) is 22.7. The van der Waals surface area contributed by atoms with Crippen molar-refractivity contribution in [1.82, 2.24) is 30.3 Å². The van der Waals surface area contributed by atoms with Gasteiger partial charge in [0.2, 0.25) is 0 Å². The third-order valence-corrected chi connectivity index (χ3v) is 7.14. The van der Waals surface area contributed by atoms with Crippen LogP contribution in [0, 0.1) is 11.8 Å². The van der Waals surface area contributed by atoms with E-state index in [-0.39, 0.29) is 12.4 Å². The van der Waals surface area contributed by atoms with E-state index < -0.39 is 23.0 Å². The number of carbonyl (C=O) groups excluding carboxylic acids is 2. The van der Waals surface area contributed by atoms with Crippen LogP contribution in [0.5, 0.6) is 0 Å². The first-order valence-electron chi connectivity index (χ1n) is 11.8. The molecule has 182 valence electrons.